The van der Waals surface area contributed by atoms with Crippen molar-refractivity contribution >= 4 is 23.7 Å². The Balaban J connectivity index is 1.68. The van der Waals surface area contributed by atoms with Gasteiger partial charge in [-0.1, -0.05) is 162 Å². The number of hydrogen-bond acceptors (Lipinski definition) is 11. The molecule has 2 aliphatic heterocycles. The van der Waals surface area contributed by atoms with Gasteiger partial charge in [0.2, 0.25) is 0 Å². The minimum absolute atomic E-state index is 0.0347. The third-order valence-corrected chi connectivity index (χ3v) is 14.3. The molecule has 0 aromatic rings. The number of likely N-dealkylation sites (tertiary alicyclic amines) is 1. The molecule has 0 aromatic carbocycles. The lowest BCUT2D eigenvalue weighted by atomic mass is 10.0. The van der Waals surface area contributed by atoms with Crippen LogP contribution in [0.3, 0.4) is 0 Å². The molecule has 2 saturated heterocycles. The first kappa shape index (κ1) is 62.0. The van der Waals surface area contributed by atoms with Crippen LogP contribution in [0, 0.1) is 0 Å². The summed E-state index contributed by atoms with van der Waals surface area (Å²) >= 11 is 0. The quantitative estimate of drug-likeness (QED) is 0.0330. The van der Waals surface area contributed by atoms with Gasteiger partial charge in [-0.15, -0.1) is 0 Å². The van der Waals surface area contributed by atoms with Gasteiger partial charge in [0, 0.05) is 65.0 Å². The van der Waals surface area contributed by atoms with E-state index in [4.69, 9.17) is 18.9 Å². The Morgan fingerprint density at radius 2 is 0.985 bits per heavy atom. The van der Waals surface area contributed by atoms with Crippen molar-refractivity contribution in [2.75, 3.05) is 72.7 Å². The van der Waals surface area contributed by atoms with Crippen LogP contribution in [0.15, 0.2) is 0 Å². The number of rotatable bonds is 47. The summed E-state index contributed by atoms with van der Waals surface area (Å²) in [6.07, 6.45) is 37.8. The second-order valence-corrected chi connectivity index (χ2v) is 20.7. The topological polar surface area (TPSA) is 115 Å². The zero-order valence-electron chi connectivity index (χ0n) is 44.9. The number of likely N-dealkylation sites (N-methyl/N-ethyl adjacent to an activating group) is 1. The molecule has 0 aromatic heterocycles. The number of ketones is 1. The Labute approximate surface area is 418 Å². The van der Waals surface area contributed by atoms with Gasteiger partial charge in [0.05, 0.1) is 12.6 Å². The smallest absolute Gasteiger partial charge is 0.306 e. The summed E-state index contributed by atoms with van der Waals surface area (Å²) in [5, 5.41) is 0. The van der Waals surface area contributed by atoms with E-state index in [0.29, 0.717) is 52.0 Å². The summed E-state index contributed by atoms with van der Waals surface area (Å²) in [6, 6.07) is -0.338. The monoisotopic (exact) mass is 962 g/mol. The maximum absolute atomic E-state index is 13.6. The van der Waals surface area contributed by atoms with Crippen molar-refractivity contribution in [2.45, 2.75) is 270 Å². The Morgan fingerprint density at radius 3 is 1.57 bits per heavy atom. The van der Waals surface area contributed by atoms with E-state index in [-0.39, 0.29) is 48.5 Å². The number of Topliss-reactive ketones (excluding diaryl/α,β-unsaturated/α-hetero) is 1. The number of carbonyl (C=O) groups excluding carboxylic acids is 4. The molecule has 0 N–H and O–H groups in total. The Bertz CT molecular complexity index is 1210. The third-order valence-electron chi connectivity index (χ3n) is 14.3. The molecule has 0 spiro atoms. The van der Waals surface area contributed by atoms with E-state index < -0.39 is 0 Å². The molecule has 0 bridgehead atoms. The molecule has 11 nitrogen and oxygen atoms in total. The van der Waals surface area contributed by atoms with E-state index in [0.717, 1.165) is 129 Å². The van der Waals surface area contributed by atoms with Crippen molar-refractivity contribution in [1.82, 2.24) is 14.7 Å². The van der Waals surface area contributed by atoms with E-state index in [9.17, 15) is 19.2 Å². The number of esters is 3. The lowest BCUT2D eigenvalue weighted by molar-refractivity contribution is -0.150. The molecule has 0 unspecified atom stereocenters. The average molecular weight is 962 g/mol. The maximum atomic E-state index is 13.6. The van der Waals surface area contributed by atoms with Crippen LogP contribution in [-0.2, 0) is 38.1 Å². The third kappa shape index (κ3) is 34.3. The molecule has 2 heterocycles. The number of ether oxygens (including phenoxy) is 4. The summed E-state index contributed by atoms with van der Waals surface area (Å²) in [4.78, 5) is 58.6. The van der Waals surface area contributed by atoms with Gasteiger partial charge in [0.15, 0.2) is 5.78 Å². The molecule has 2 fully saturated rings. The largest absolute Gasteiger partial charge is 0.466 e. The second-order valence-electron chi connectivity index (χ2n) is 20.7. The van der Waals surface area contributed by atoms with Gasteiger partial charge in [-0.25, -0.2) is 0 Å². The van der Waals surface area contributed by atoms with Gasteiger partial charge in [-0.3, -0.25) is 24.1 Å². The van der Waals surface area contributed by atoms with Gasteiger partial charge in [0.1, 0.15) is 18.8 Å². The molecule has 0 saturated carbocycles. The van der Waals surface area contributed by atoms with Gasteiger partial charge >= 0.3 is 17.9 Å². The minimum Gasteiger partial charge on any atom is -0.466 e. The molecule has 0 aliphatic carbocycles. The molecule has 68 heavy (non-hydrogen) atoms. The van der Waals surface area contributed by atoms with Crippen LogP contribution < -0.4 is 0 Å². The molecule has 0 radical (unpaired) electrons. The van der Waals surface area contributed by atoms with Crippen LogP contribution >= 0.6 is 0 Å². The standard InChI is InChI=1S/C57H107N3O8/c1-5-8-11-14-17-18-19-25-33-47-66-55(62)37-30-26-31-41-60-49-52(68-57(64)39-34-40-59-44-42-58(4)43-45-59)48-53(60)54(61)50-65-46-32-24-20-23-29-38-56(63)67-51(35-27-21-15-12-9-6-2)36-28-22-16-13-10-7-3/h51-53H,5-50H2,1-4H3/t52-,53-/m0/s1. The summed E-state index contributed by atoms with van der Waals surface area (Å²) < 4.78 is 23.4. The van der Waals surface area contributed by atoms with Crippen LogP contribution in [0.2, 0.25) is 0 Å². The molecule has 398 valence electrons. The summed E-state index contributed by atoms with van der Waals surface area (Å²) in [7, 11) is 2.15. The lowest BCUT2D eigenvalue weighted by Gasteiger charge is -2.32. The summed E-state index contributed by atoms with van der Waals surface area (Å²) in [6.45, 7) is 14.2. The van der Waals surface area contributed by atoms with E-state index in [2.05, 4.69) is 42.5 Å². The normalized spacial score (nSPS) is 17.0. The van der Waals surface area contributed by atoms with Gasteiger partial charge < -0.3 is 28.7 Å². The predicted octanol–water partition coefficient (Wildman–Crippen LogP) is 13.0. The highest BCUT2D eigenvalue weighted by Gasteiger charge is 2.38. The van der Waals surface area contributed by atoms with E-state index in [1.165, 1.54) is 109 Å². The number of carbonyl (C=O) groups is 4. The molecule has 11 heteroatoms. The molecule has 2 atom stereocenters. The first-order valence-electron chi connectivity index (χ1n) is 29.1. The van der Waals surface area contributed by atoms with Gasteiger partial charge in [-0.05, 0) is 84.3 Å². The Hall–Kier alpha value is -2.08. The Kier molecular flexibility index (Phi) is 39.9. The minimum atomic E-state index is -0.338. The van der Waals surface area contributed by atoms with Crippen molar-refractivity contribution in [1.29, 1.82) is 0 Å². The highest BCUT2D eigenvalue weighted by atomic mass is 16.5. The number of hydrogen-bond donors (Lipinski definition) is 0. The SMILES string of the molecule is CCCCCCCCCCCOC(=O)CCCCCN1C[C@@H](OC(=O)CCCN2CCN(C)CC2)C[C@H]1C(=O)COCCCCCCCC(=O)OC(CCCCCCCC)CCCCCCCC. The van der Waals surface area contributed by atoms with Crippen molar-refractivity contribution in [3.05, 3.63) is 0 Å². The fraction of sp³-hybridized carbons (Fsp3) is 0.930. The van der Waals surface area contributed by atoms with Crippen molar-refractivity contribution < 1.29 is 38.1 Å². The van der Waals surface area contributed by atoms with Gasteiger partial charge in [-0.2, -0.15) is 0 Å². The number of piperazine rings is 1. The zero-order valence-corrected chi connectivity index (χ0v) is 44.9. The summed E-state index contributed by atoms with van der Waals surface area (Å²) in [5.41, 5.74) is 0. The Morgan fingerprint density at radius 1 is 0.500 bits per heavy atom. The van der Waals surface area contributed by atoms with E-state index >= 15 is 0 Å². The number of unbranched alkanes of at least 4 members (excludes halogenated alkanes) is 24. The lowest BCUT2D eigenvalue weighted by Crippen LogP contribution is -2.44. The van der Waals surface area contributed by atoms with Crippen molar-refractivity contribution in [2.24, 2.45) is 0 Å². The molecule has 2 aliphatic rings. The van der Waals surface area contributed by atoms with Crippen LogP contribution in [0.1, 0.15) is 252 Å². The fourth-order valence-electron chi connectivity index (χ4n) is 9.81. The van der Waals surface area contributed by atoms with Crippen LogP contribution in [-0.4, -0.2) is 129 Å². The highest BCUT2D eigenvalue weighted by Crippen LogP contribution is 2.24. The highest BCUT2D eigenvalue weighted by molar-refractivity contribution is 5.85. The summed E-state index contributed by atoms with van der Waals surface area (Å²) in [5.74, 6) is -0.282. The molecule has 0 amide bonds. The van der Waals surface area contributed by atoms with Crippen molar-refractivity contribution in [3.8, 4) is 0 Å². The first-order chi connectivity index (χ1) is 33.2. The predicted molar refractivity (Wildman–Crippen MR) is 279 cm³/mol. The average Bonchev–Trinajstić information content (AvgIpc) is 3.73. The fourth-order valence-corrected chi connectivity index (χ4v) is 9.81. The van der Waals surface area contributed by atoms with Crippen LogP contribution in [0.4, 0.5) is 0 Å². The van der Waals surface area contributed by atoms with E-state index in [1.807, 2.05) is 0 Å². The maximum Gasteiger partial charge on any atom is 0.306 e. The van der Waals surface area contributed by atoms with Crippen LogP contribution in [0.5, 0.6) is 0 Å². The van der Waals surface area contributed by atoms with Crippen LogP contribution in [0.25, 0.3) is 0 Å². The van der Waals surface area contributed by atoms with Crippen molar-refractivity contribution in [3.63, 3.8) is 0 Å². The molecule has 2 rings (SSSR count). The molecular weight excluding hydrogens is 855 g/mol. The van der Waals surface area contributed by atoms with Gasteiger partial charge in [0.25, 0.3) is 0 Å². The second kappa shape index (κ2) is 43.7. The first-order valence-corrected chi connectivity index (χ1v) is 29.1. The van der Waals surface area contributed by atoms with E-state index in [1.54, 1.807) is 0 Å². The zero-order chi connectivity index (χ0) is 49.1. The number of nitrogens with zero attached hydrogens (tertiary/aromatic N) is 3. The molecular formula is C57H107N3O8.